The molecule has 20 heavy (non-hydrogen) atoms. The number of ether oxygens (including phenoxy) is 1. The Morgan fingerprint density at radius 1 is 1.25 bits per heavy atom. The standard InChI is InChI=1S/C16H17ClFNO/c1-3-4-14-8-12(10-17)9-16(19-14)20-15-6-5-13(18)7-11(15)2/h5-9H,3-4,10H2,1-2H3. The van der Waals surface area contributed by atoms with E-state index in [2.05, 4.69) is 11.9 Å². The lowest BCUT2D eigenvalue weighted by molar-refractivity contribution is 0.454. The van der Waals surface area contributed by atoms with E-state index in [-0.39, 0.29) is 5.82 Å². The van der Waals surface area contributed by atoms with E-state index < -0.39 is 0 Å². The van der Waals surface area contributed by atoms with Crippen molar-refractivity contribution in [1.29, 1.82) is 0 Å². The first kappa shape index (κ1) is 14.8. The Kier molecular flexibility index (Phi) is 4.96. The van der Waals surface area contributed by atoms with Crippen LogP contribution in [0.25, 0.3) is 0 Å². The average Bonchev–Trinajstić information content (AvgIpc) is 2.42. The predicted molar refractivity (Wildman–Crippen MR) is 79.0 cm³/mol. The summed E-state index contributed by atoms with van der Waals surface area (Å²) in [5.74, 6) is 1.25. The van der Waals surface area contributed by atoms with E-state index in [1.54, 1.807) is 13.0 Å². The Morgan fingerprint density at radius 3 is 2.70 bits per heavy atom. The van der Waals surface area contributed by atoms with Crippen LogP contribution in [0.2, 0.25) is 0 Å². The zero-order chi connectivity index (χ0) is 14.5. The highest BCUT2D eigenvalue weighted by atomic mass is 35.5. The van der Waals surface area contributed by atoms with E-state index in [1.807, 2.05) is 12.1 Å². The van der Waals surface area contributed by atoms with Gasteiger partial charge in [0.05, 0.1) is 0 Å². The highest BCUT2D eigenvalue weighted by Crippen LogP contribution is 2.26. The van der Waals surface area contributed by atoms with Crippen molar-refractivity contribution in [3.63, 3.8) is 0 Å². The molecule has 0 radical (unpaired) electrons. The molecule has 4 heteroatoms. The van der Waals surface area contributed by atoms with E-state index in [0.717, 1.165) is 29.7 Å². The fraction of sp³-hybridized carbons (Fsp3) is 0.312. The molecule has 0 saturated carbocycles. The molecule has 0 aliphatic carbocycles. The summed E-state index contributed by atoms with van der Waals surface area (Å²) in [7, 11) is 0. The number of hydrogen-bond acceptors (Lipinski definition) is 2. The second-order valence-corrected chi connectivity index (χ2v) is 4.97. The molecule has 0 bridgehead atoms. The Labute approximate surface area is 123 Å². The van der Waals surface area contributed by atoms with Crippen molar-refractivity contribution in [3.8, 4) is 11.6 Å². The summed E-state index contributed by atoms with van der Waals surface area (Å²) in [5.41, 5.74) is 2.67. The minimum atomic E-state index is -0.274. The SMILES string of the molecule is CCCc1cc(CCl)cc(Oc2ccc(F)cc2C)n1. The van der Waals surface area contributed by atoms with Gasteiger partial charge in [0.1, 0.15) is 11.6 Å². The molecule has 0 fully saturated rings. The lowest BCUT2D eigenvalue weighted by Gasteiger charge is -2.10. The highest BCUT2D eigenvalue weighted by Gasteiger charge is 2.07. The molecular weight excluding hydrogens is 277 g/mol. The van der Waals surface area contributed by atoms with Gasteiger partial charge in [-0.3, -0.25) is 0 Å². The van der Waals surface area contributed by atoms with Gasteiger partial charge in [0.25, 0.3) is 0 Å². The second-order valence-electron chi connectivity index (χ2n) is 4.70. The average molecular weight is 294 g/mol. The van der Waals surface area contributed by atoms with E-state index in [0.29, 0.717) is 17.5 Å². The summed E-state index contributed by atoms with van der Waals surface area (Å²) in [6.45, 7) is 3.90. The quantitative estimate of drug-likeness (QED) is 0.723. The molecular formula is C16H17ClFNO. The largest absolute Gasteiger partial charge is 0.439 e. The summed E-state index contributed by atoms with van der Waals surface area (Å²) in [6, 6.07) is 8.23. The summed E-state index contributed by atoms with van der Waals surface area (Å²) in [5, 5.41) is 0. The number of benzene rings is 1. The second kappa shape index (κ2) is 6.71. The van der Waals surface area contributed by atoms with Gasteiger partial charge in [0, 0.05) is 17.6 Å². The topological polar surface area (TPSA) is 22.1 Å². The number of pyridine rings is 1. The summed E-state index contributed by atoms with van der Waals surface area (Å²) >= 11 is 5.89. The minimum Gasteiger partial charge on any atom is -0.439 e. The molecule has 2 rings (SSSR count). The lowest BCUT2D eigenvalue weighted by atomic mass is 10.2. The Hall–Kier alpha value is -1.61. The van der Waals surface area contributed by atoms with Crippen molar-refractivity contribution in [3.05, 3.63) is 53.0 Å². The van der Waals surface area contributed by atoms with Crippen LogP contribution in [0.15, 0.2) is 30.3 Å². The van der Waals surface area contributed by atoms with Gasteiger partial charge in [-0.1, -0.05) is 13.3 Å². The van der Waals surface area contributed by atoms with Crippen LogP contribution in [0.4, 0.5) is 4.39 Å². The Morgan fingerprint density at radius 2 is 2.05 bits per heavy atom. The van der Waals surface area contributed by atoms with Crippen LogP contribution >= 0.6 is 11.6 Å². The number of aromatic nitrogens is 1. The first-order valence-electron chi connectivity index (χ1n) is 6.62. The third-order valence-corrected chi connectivity index (χ3v) is 3.24. The van der Waals surface area contributed by atoms with Gasteiger partial charge in [-0.05, 0) is 48.7 Å². The highest BCUT2D eigenvalue weighted by molar-refractivity contribution is 6.17. The van der Waals surface area contributed by atoms with E-state index >= 15 is 0 Å². The van der Waals surface area contributed by atoms with Crippen LogP contribution in [-0.4, -0.2) is 4.98 Å². The van der Waals surface area contributed by atoms with Crippen molar-refractivity contribution in [2.75, 3.05) is 0 Å². The Bertz CT molecular complexity index is 601. The van der Waals surface area contributed by atoms with Crippen LogP contribution in [0.5, 0.6) is 11.6 Å². The predicted octanol–water partition coefficient (Wildman–Crippen LogP) is 5.01. The first-order valence-corrected chi connectivity index (χ1v) is 7.15. The zero-order valence-electron chi connectivity index (χ0n) is 11.6. The number of rotatable bonds is 5. The number of nitrogens with zero attached hydrogens (tertiary/aromatic N) is 1. The first-order chi connectivity index (χ1) is 9.62. The summed E-state index contributed by atoms with van der Waals surface area (Å²) in [4.78, 5) is 4.46. The molecule has 0 N–H and O–H groups in total. The van der Waals surface area contributed by atoms with Gasteiger partial charge in [-0.2, -0.15) is 0 Å². The molecule has 0 aliphatic rings. The number of alkyl halides is 1. The van der Waals surface area contributed by atoms with Gasteiger partial charge < -0.3 is 4.74 Å². The Balaban J connectivity index is 2.29. The van der Waals surface area contributed by atoms with Gasteiger partial charge in [0.15, 0.2) is 0 Å². The van der Waals surface area contributed by atoms with Crippen molar-refractivity contribution in [2.45, 2.75) is 32.6 Å². The van der Waals surface area contributed by atoms with Crippen LogP contribution < -0.4 is 4.74 Å². The van der Waals surface area contributed by atoms with E-state index in [4.69, 9.17) is 16.3 Å². The van der Waals surface area contributed by atoms with Crippen molar-refractivity contribution in [2.24, 2.45) is 0 Å². The van der Waals surface area contributed by atoms with E-state index in [9.17, 15) is 4.39 Å². The number of hydrogen-bond donors (Lipinski definition) is 0. The van der Waals surface area contributed by atoms with Gasteiger partial charge in [-0.15, -0.1) is 11.6 Å². The van der Waals surface area contributed by atoms with Gasteiger partial charge in [-0.25, -0.2) is 9.37 Å². The zero-order valence-corrected chi connectivity index (χ0v) is 12.4. The van der Waals surface area contributed by atoms with Gasteiger partial charge in [0.2, 0.25) is 5.88 Å². The molecule has 1 aromatic heterocycles. The lowest BCUT2D eigenvalue weighted by Crippen LogP contribution is -1.97. The molecule has 2 nitrogen and oxygen atoms in total. The fourth-order valence-electron chi connectivity index (χ4n) is 1.97. The monoisotopic (exact) mass is 293 g/mol. The molecule has 0 unspecified atom stereocenters. The van der Waals surface area contributed by atoms with E-state index in [1.165, 1.54) is 12.1 Å². The molecule has 0 saturated heterocycles. The minimum absolute atomic E-state index is 0.274. The molecule has 106 valence electrons. The molecule has 0 aliphatic heterocycles. The van der Waals surface area contributed by atoms with Crippen molar-refractivity contribution in [1.82, 2.24) is 4.98 Å². The molecule has 1 aromatic carbocycles. The van der Waals surface area contributed by atoms with Crippen LogP contribution in [0, 0.1) is 12.7 Å². The molecule has 1 heterocycles. The van der Waals surface area contributed by atoms with Crippen molar-refractivity contribution < 1.29 is 9.13 Å². The molecule has 0 spiro atoms. The molecule has 2 aromatic rings. The van der Waals surface area contributed by atoms with Crippen molar-refractivity contribution >= 4 is 11.6 Å². The third kappa shape index (κ3) is 3.70. The smallest absolute Gasteiger partial charge is 0.219 e. The number of halogens is 2. The van der Waals surface area contributed by atoms with Crippen LogP contribution in [-0.2, 0) is 12.3 Å². The molecule has 0 atom stereocenters. The van der Waals surface area contributed by atoms with Crippen LogP contribution in [0.3, 0.4) is 0 Å². The molecule has 0 amide bonds. The fourth-order valence-corrected chi connectivity index (χ4v) is 2.13. The maximum Gasteiger partial charge on any atom is 0.219 e. The van der Waals surface area contributed by atoms with Gasteiger partial charge >= 0.3 is 0 Å². The summed E-state index contributed by atoms with van der Waals surface area (Å²) < 4.78 is 18.8. The third-order valence-electron chi connectivity index (χ3n) is 2.93. The normalized spacial score (nSPS) is 10.6. The maximum absolute atomic E-state index is 13.1. The maximum atomic E-state index is 13.1. The number of aryl methyl sites for hydroxylation is 2. The summed E-state index contributed by atoms with van der Waals surface area (Å²) in [6.07, 6.45) is 1.89. The van der Waals surface area contributed by atoms with Crippen LogP contribution in [0.1, 0.15) is 30.2 Å².